The van der Waals surface area contributed by atoms with Gasteiger partial charge in [0.15, 0.2) is 5.89 Å². The number of hydrogen-bond donors (Lipinski definition) is 2. The van der Waals surface area contributed by atoms with Crippen molar-refractivity contribution in [1.82, 2.24) is 20.5 Å². The minimum absolute atomic E-state index is 0.0415. The molecule has 9 nitrogen and oxygen atoms in total. The Labute approximate surface area is 150 Å². The van der Waals surface area contributed by atoms with E-state index < -0.39 is 12.1 Å². The van der Waals surface area contributed by atoms with E-state index in [-0.39, 0.29) is 18.2 Å². The zero-order valence-corrected chi connectivity index (χ0v) is 14.5. The predicted octanol–water partition coefficient (Wildman–Crippen LogP) is 0.441. The summed E-state index contributed by atoms with van der Waals surface area (Å²) in [4.78, 5) is 41.5. The Morgan fingerprint density at radius 2 is 2.08 bits per heavy atom. The summed E-state index contributed by atoms with van der Waals surface area (Å²) in [5.74, 6) is 1.51. The number of aromatic nitrogens is 1. The Bertz CT molecular complexity index is 725. The zero-order chi connectivity index (χ0) is 18.1. The Balaban J connectivity index is 1.34. The van der Waals surface area contributed by atoms with Gasteiger partial charge in [0.2, 0.25) is 5.91 Å². The van der Waals surface area contributed by atoms with E-state index in [2.05, 4.69) is 15.6 Å². The van der Waals surface area contributed by atoms with E-state index in [1.165, 1.54) is 0 Å². The van der Waals surface area contributed by atoms with Crippen LogP contribution in [0.15, 0.2) is 4.42 Å². The van der Waals surface area contributed by atoms with E-state index in [1.807, 2.05) is 0 Å². The van der Waals surface area contributed by atoms with Crippen LogP contribution in [-0.2, 0) is 27.3 Å². The number of oxazole rings is 1. The van der Waals surface area contributed by atoms with Crippen LogP contribution in [0, 0.1) is 0 Å². The largest absolute Gasteiger partial charge is 0.445 e. The third-order valence-corrected chi connectivity index (χ3v) is 5.17. The van der Waals surface area contributed by atoms with Crippen LogP contribution < -0.4 is 10.6 Å². The van der Waals surface area contributed by atoms with Gasteiger partial charge in [0.25, 0.3) is 5.91 Å². The number of nitrogens with one attached hydrogen (secondary N) is 2. The van der Waals surface area contributed by atoms with Crippen LogP contribution in [0.2, 0.25) is 0 Å². The van der Waals surface area contributed by atoms with Gasteiger partial charge in [-0.3, -0.25) is 14.9 Å². The van der Waals surface area contributed by atoms with Crippen LogP contribution in [0.25, 0.3) is 0 Å². The molecular weight excluding hydrogens is 340 g/mol. The second kappa shape index (κ2) is 7.06. The first kappa shape index (κ1) is 17.0. The zero-order valence-electron chi connectivity index (χ0n) is 14.5. The summed E-state index contributed by atoms with van der Waals surface area (Å²) in [5.41, 5.74) is 0.831. The molecule has 4 heterocycles. The van der Waals surface area contributed by atoms with Crippen molar-refractivity contribution in [2.45, 2.75) is 50.6 Å². The SMILES string of the molecule is O=C1NC(=O)[C@H](CCC(=O)N2CCc3oc(C4CCOCC4)nc3C2)N1. The molecular formula is C17H22N4O5. The fourth-order valence-electron chi connectivity index (χ4n) is 3.64. The molecule has 4 rings (SSSR count). The van der Waals surface area contributed by atoms with E-state index >= 15 is 0 Å². The highest BCUT2D eigenvalue weighted by molar-refractivity contribution is 6.04. The van der Waals surface area contributed by atoms with Crippen molar-refractivity contribution in [3.05, 3.63) is 17.3 Å². The van der Waals surface area contributed by atoms with Gasteiger partial charge in [-0.05, 0) is 19.3 Å². The van der Waals surface area contributed by atoms with Crippen molar-refractivity contribution in [1.29, 1.82) is 0 Å². The molecule has 3 aliphatic heterocycles. The molecule has 140 valence electrons. The van der Waals surface area contributed by atoms with Crippen molar-refractivity contribution in [2.24, 2.45) is 0 Å². The molecule has 0 spiro atoms. The Hall–Kier alpha value is -2.42. The third kappa shape index (κ3) is 3.44. The standard InChI is InChI=1S/C17H22N4O5/c22-14(2-1-11-15(23)20-17(24)19-11)21-6-3-13-12(9-21)18-16(26-13)10-4-7-25-8-5-10/h10-11H,1-9H2,(H2,19,20,23,24)/t11-/m0/s1. The van der Waals surface area contributed by atoms with E-state index in [4.69, 9.17) is 9.15 Å². The molecule has 26 heavy (non-hydrogen) atoms. The number of hydrogen-bond acceptors (Lipinski definition) is 6. The number of nitrogens with zero attached hydrogens (tertiary/aromatic N) is 2. The molecule has 2 N–H and O–H groups in total. The fraction of sp³-hybridized carbons (Fsp3) is 0.647. The van der Waals surface area contributed by atoms with Gasteiger partial charge in [0, 0.05) is 38.5 Å². The minimum atomic E-state index is -0.626. The molecule has 3 aliphatic rings. The molecule has 0 bridgehead atoms. The molecule has 0 saturated carbocycles. The lowest BCUT2D eigenvalue weighted by Crippen LogP contribution is -2.37. The van der Waals surface area contributed by atoms with Crippen LogP contribution in [-0.4, -0.2) is 53.5 Å². The summed E-state index contributed by atoms with van der Waals surface area (Å²) in [7, 11) is 0. The van der Waals surface area contributed by atoms with E-state index in [0.29, 0.717) is 31.8 Å². The van der Waals surface area contributed by atoms with Crippen molar-refractivity contribution in [3.63, 3.8) is 0 Å². The quantitative estimate of drug-likeness (QED) is 0.752. The molecule has 0 radical (unpaired) electrons. The summed E-state index contributed by atoms with van der Waals surface area (Å²) >= 11 is 0. The molecule has 1 aromatic rings. The highest BCUT2D eigenvalue weighted by Gasteiger charge is 2.32. The third-order valence-electron chi connectivity index (χ3n) is 5.17. The van der Waals surface area contributed by atoms with Gasteiger partial charge in [-0.1, -0.05) is 0 Å². The number of rotatable bonds is 4. The summed E-state index contributed by atoms with van der Waals surface area (Å²) in [6.45, 7) is 2.47. The van der Waals surface area contributed by atoms with E-state index in [0.717, 1.165) is 43.4 Å². The van der Waals surface area contributed by atoms with Crippen molar-refractivity contribution in [2.75, 3.05) is 19.8 Å². The first-order valence-corrected chi connectivity index (χ1v) is 9.05. The number of carbonyl (C=O) groups excluding carboxylic acids is 3. The molecule has 0 aliphatic carbocycles. The smallest absolute Gasteiger partial charge is 0.322 e. The second-order valence-electron chi connectivity index (χ2n) is 6.93. The Morgan fingerprint density at radius 3 is 2.81 bits per heavy atom. The normalized spacial score (nSPS) is 23.5. The first-order valence-electron chi connectivity index (χ1n) is 9.05. The average Bonchev–Trinajstić information content (AvgIpc) is 3.22. The fourth-order valence-corrected chi connectivity index (χ4v) is 3.64. The molecule has 1 atom stereocenters. The summed E-state index contributed by atoms with van der Waals surface area (Å²) < 4.78 is 11.3. The lowest BCUT2D eigenvalue weighted by Gasteiger charge is -2.25. The van der Waals surface area contributed by atoms with Gasteiger partial charge in [0.05, 0.1) is 6.54 Å². The van der Waals surface area contributed by atoms with Gasteiger partial charge >= 0.3 is 6.03 Å². The van der Waals surface area contributed by atoms with E-state index in [1.54, 1.807) is 4.90 Å². The maximum Gasteiger partial charge on any atom is 0.322 e. The van der Waals surface area contributed by atoms with Crippen molar-refractivity contribution in [3.8, 4) is 0 Å². The second-order valence-corrected chi connectivity index (χ2v) is 6.93. The summed E-state index contributed by atoms with van der Waals surface area (Å²) in [6.07, 6.45) is 2.98. The van der Waals surface area contributed by atoms with Gasteiger partial charge < -0.3 is 19.4 Å². The van der Waals surface area contributed by atoms with Gasteiger partial charge in [-0.15, -0.1) is 0 Å². The first-order chi connectivity index (χ1) is 12.6. The van der Waals surface area contributed by atoms with Crippen LogP contribution >= 0.6 is 0 Å². The molecule has 2 saturated heterocycles. The maximum absolute atomic E-state index is 12.5. The lowest BCUT2D eigenvalue weighted by atomic mass is 10.0. The van der Waals surface area contributed by atoms with Crippen LogP contribution in [0.1, 0.15) is 48.9 Å². The van der Waals surface area contributed by atoms with Gasteiger partial charge in [0.1, 0.15) is 17.5 Å². The number of ether oxygens (including phenoxy) is 1. The topological polar surface area (TPSA) is 114 Å². The minimum Gasteiger partial charge on any atom is -0.445 e. The molecule has 0 aromatic carbocycles. The highest BCUT2D eigenvalue weighted by atomic mass is 16.5. The van der Waals surface area contributed by atoms with Gasteiger partial charge in [-0.2, -0.15) is 0 Å². The summed E-state index contributed by atoms with van der Waals surface area (Å²) in [6, 6.07) is -1.13. The predicted molar refractivity (Wildman–Crippen MR) is 88.1 cm³/mol. The van der Waals surface area contributed by atoms with Gasteiger partial charge in [-0.25, -0.2) is 9.78 Å². The average molecular weight is 362 g/mol. The van der Waals surface area contributed by atoms with Crippen molar-refractivity contribution < 1.29 is 23.5 Å². The lowest BCUT2D eigenvalue weighted by molar-refractivity contribution is -0.132. The van der Waals surface area contributed by atoms with Crippen LogP contribution in [0.4, 0.5) is 4.79 Å². The Morgan fingerprint density at radius 1 is 1.27 bits per heavy atom. The molecule has 9 heteroatoms. The molecule has 4 amide bonds. The highest BCUT2D eigenvalue weighted by Crippen LogP contribution is 2.30. The Kier molecular flexibility index (Phi) is 4.62. The van der Waals surface area contributed by atoms with E-state index in [9.17, 15) is 14.4 Å². The maximum atomic E-state index is 12.5. The number of imide groups is 1. The molecule has 0 unspecified atom stereocenters. The number of carbonyl (C=O) groups is 3. The monoisotopic (exact) mass is 362 g/mol. The van der Waals surface area contributed by atoms with Crippen molar-refractivity contribution >= 4 is 17.8 Å². The van der Waals surface area contributed by atoms with Crippen LogP contribution in [0.3, 0.4) is 0 Å². The summed E-state index contributed by atoms with van der Waals surface area (Å²) in [5, 5.41) is 4.68. The number of amides is 4. The molecule has 1 aromatic heterocycles. The number of urea groups is 1. The number of fused-ring (bicyclic) bond motifs is 1. The van der Waals surface area contributed by atoms with Crippen LogP contribution in [0.5, 0.6) is 0 Å². The molecule has 2 fully saturated rings.